The van der Waals surface area contributed by atoms with Crippen molar-refractivity contribution in [2.24, 2.45) is 0 Å². The van der Waals surface area contributed by atoms with E-state index in [9.17, 15) is 0 Å². The van der Waals surface area contributed by atoms with E-state index in [4.69, 9.17) is 18.9 Å². The number of benzene rings is 1. The van der Waals surface area contributed by atoms with Gasteiger partial charge in [-0.2, -0.15) is 0 Å². The summed E-state index contributed by atoms with van der Waals surface area (Å²) in [6.07, 6.45) is 0.238. The van der Waals surface area contributed by atoms with Gasteiger partial charge in [0.05, 0.1) is 0 Å². The van der Waals surface area contributed by atoms with E-state index in [1.54, 1.807) is 14.2 Å². The van der Waals surface area contributed by atoms with Gasteiger partial charge in [0.2, 0.25) is 0 Å². The summed E-state index contributed by atoms with van der Waals surface area (Å²) in [5.74, 6) is 0. The second-order valence-electron chi connectivity index (χ2n) is 4.73. The average molecular weight is 361 g/mol. The van der Waals surface area contributed by atoms with Crippen LogP contribution in [0.3, 0.4) is 0 Å². The molecule has 0 spiro atoms. The van der Waals surface area contributed by atoms with Crippen molar-refractivity contribution in [2.75, 3.05) is 34.2 Å². The fourth-order valence-electron chi connectivity index (χ4n) is 1.82. The number of methoxy groups -OCH3 is 2. The second-order valence-corrected chi connectivity index (χ2v) is 7.35. The number of hydrogen-bond donors (Lipinski definition) is 0. The normalized spacial score (nSPS) is 15.6. The molecule has 0 saturated heterocycles. The third-order valence-electron chi connectivity index (χ3n) is 3.16. The summed E-state index contributed by atoms with van der Waals surface area (Å²) < 4.78 is 23.0. The van der Waals surface area contributed by atoms with Gasteiger partial charge in [0.15, 0.2) is 0 Å². The third-order valence-corrected chi connectivity index (χ3v) is 6.48. The molecule has 0 aliphatic carbocycles. The first kappa shape index (κ1) is 18.6. The molecule has 0 saturated carbocycles. The van der Waals surface area contributed by atoms with Crippen LogP contribution in [0.1, 0.15) is 13.8 Å². The van der Waals surface area contributed by atoms with Crippen LogP contribution in [0, 0.1) is 0 Å². The molecule has 3 atom stereocenters. The van der Waals surface area contributed by atoms with Crippen molar-refractivity contribution in [3.63, 3.8) is 0 Å². The quantitative estimate of drug-likeness (QED) is 0.343. The predicted octanol–water partition coefficient (Wildman–Crippen LogP) is 1.87. The van der Waals surface area contributed by atoms with E-state index in [1.165, 1.54) is 4.46 Å². The van der Waals surface area contributed by atoms with E-state index >= 15 is 0 Å². The Morgan fingerprint density at radius 2 is 1.71 bits per heavy atom. The Labute approximate surface area is 134 Å². The van der Waals surface area contributed by atoms with Crippen molar-refractivity contribution in [1.29, 1.82) is 0 Å². The molecule has 1 rings (SSSR count). The molecule has 120 valence electrons. The molecule has 0 radical (unpaired) electrons. The Morgan fingerprint density at radius 1 is 1.00 bits per heavy atom. The maximum absolute atomic E-state index is 5.80. The number of rotatable bonds is 11. The molecule has 0 amide bonds. The second kappa shape index (κ2) is 11.2. The average Bonchev–Trinajstić information content (AvgIpc) is 2.52. The van der Waals surface area contributed by atoms with E-state index in [1.807, 2.05) is 6.07 Å². The Bertz CT molecular complexity index is 361. The third kappa shape index (κ3) is 7.41. The zero-order valence-corrected chi connectivity index (χ0v) is 15.0. The van der Waals surface area contributed by atoms with E-state index in [0.717, 1.165) is 0 Å². The standard InChI is InChI=1S/C16H26O4Se/c1-13(18-4)16(21-15-8-6-5-7-9-15)14(2)20-12-19-11-10-17-3/h5-9,13-14,16H,10-12H2,1-4H3/t13-,14-,16-/m1/s1. The predicted molar refractivity (Wildman–Crippen MR) is 85.3 cm³/mol. The molecule has 0 aliphatic heterocycles. The molecule has 0 bridgehead atoms. The first-order valence-corrected chi connectivity index (χ1v) is 8.96. The van der Waals surface area contributed by atoms with Crippen molar-refractivity contribution in [2.45, 2.75) is 30.9 Å². The van der Waals surface area contributed by atoms with Gasteiger partial charge in [0, 0.05) is 0 Å². The van der Waals surface area contributed by atoms with E-state index in [-0.39, 0.29) is 12.2 Å². The van der Waals surface area contributed by atoms with Crippen LogP contribution in [0.5, 0.6) is 0 Å². The van der Waals surface area contributed by atoms with Crippen molar-refractivity contribution >= 4 is 19.4 Å². The molecule has 21 heavy (non-hydrogen) atoms. The first-order chi connectivity index (χ1) is 10.2. The van der Waals surface area contributed by atoms with Gasteiger partial charge in [-0.3, -0.25) is 0 Å². The van der Waals surface area contributed by atoms with Crippen LogP contribution in [-0.4, -0.2) is 61.4 Å². The summed E-state index contributed by atoms with van der Waals surface area (Å²) in [5, 5.41) is 0. The molecule has 0 fully saturated rings. The van der Waals surface area contributed by atoms with Gasteiger partial charge in [0.1, 0.15) is 0 Å². The fourth-order valence-corrected chi connectivity index (χ4v) is 4.34. The Balaban J connectivity index is 2.48. The van der Waals surface area contributed by atoms with Crippen LogP contribution in [0.25, 0.3) is 0 Å². The van der Waals surface area contributed by atoms with Gasteiger partial charge in [0.25, 0.3) is 0 Å². The van der Waals surface area contributed by atoms with Crippen molar-refractivity contribution in [1.82, 2.24) is 0 Å². The molecular formula is C16H26O4Se. The van der Waals surface area contributed by atoms with Gasteiger partial charge in [-0.15, -0.1) is 0 Å². The monoisotopic (exact) mass is 362 g/mol. The van der Waals surface area contributed by atoms with Crippen LogP contribution < -0.4 is 4.46 Å². The zero-order chi connectivity index (χ0) is 15.5. The summed E-state index contributed by atoms with van der Waals surface area (Å²) in [6, 6.07) is 10.5. The summed E-state index contributed by atoms with van der Waals surface area (Å²) in [6.45, 7) is 5.62. The molecule has 4 nitrogen and oxygen atoms in total. The first-order valence-electron chi connectivity index (χ1n) is 7.11. The Hall–Kier alpha value is -0.421. The topological polar surface area (TPSA) is 36.9 Å². The molecule has 1 aromatic carbocycles. The molecular weight excluding hydrogens is 335 g/mol. The van der Waals surface area contributed by atoms with Crippen molar-refractivity contribution < 1.29 is 18.9 Å². The van der Waals surface area contributed by atoms with E-state index in [0.29, 0.717) is 39.8 Å². The van der Waals surface area contributed by atoms with Gasteiger partial charge in [-0.05, 0) is 0 Å². The summed E-state index contributed by atoms with van der Waals surface area (Å²) >= 11 is 0.294. The van der Waals surface area contributed by atoms with Gasteiger partial charge >= 0.3 is 134 Å². The summed E-state index contributed by atoms with van der Waals surface area (Å²) in [7, 11) is 3.41. The Morgan fingerprint density at radius 3 is 2.33 bits per heavy atom. The molecule has 5 heteroatoms. The SMILES string of the molecule is COCCOCO[C@H](C)[C@H]([Se]c1ccccc1)[C@@H](C)OC. The van der Waals surface area contributed by atoms with Gasteiger partial charge in [-0.1, -0.05) is 0 Å². The molecule has 0 aromatic heterocycles. The minimum absolute atomic E-state index is 0.0858. The van der Waals surface area contributed by atoms with Crippen molar-refractivity contribution in [3.05, 3.63) is 30.3 Å². The molecule has 0 aliphatic rings. The number of ether oxygens (including phenoxy) is 4. The van der Waals surface area contributed by atoms with Gasteiger partial charge in [-0.25, -0.2) is 0 Å². The van der Waals surface area contributed by atoms with E-state index < -0.39 is 0 Å². The van der Waals surface area contributed by atoms with Crippen LogP contribution >= 0.6 is 0 Å². The summed E-state index contributed by atoms with van der Waals surface area (Å²) in [5.41, 5.74) is 0. The zero-order valence-electron chi connectivity index (χ0n) is 13.3. The summed E-state index contributed by atoms with van der Waals surface area (Å²) in [4.78, 5) is 0.343. The molecule has 1 aromatic rings. The van der Waals surface area contributed by atoms with Crippen LogP contribution in [0.15, 0.2) is 30.3 Å². The molecule has 0 N–H and O–H groups in total. The Kier molecular flexibility index (Phi) is 9.92. The molecule has 0 heterocycles. The fraction of sp³-hybridized carbons (Fsp3) is 0.625. The van der Waals surface area contributed by atoms with Crippen LogP contribution in [0.4, 0.5) is 0 Å². The maximum atomic E-state index is 5.80. The van der Waals surface area contributed by atoms with Crippen LogP contribution in [-0.2, 0) is 18.9 Å². The minimum atomic E-state index is 0.0858. The van der Waals surface area contributed by atoms with E-state index in [2.05, 4.69) is 38.1 Å². The van der Waals surface area contributed by atoms with Crippen molar-refractivity contribution in [3.8, 4) is 0 Å². The molecule has 0 unspecified atom stereocenters. The number of hydrogen-bond acceptors (Lipinski definition) is 4. The van der Waals surface area contributed by atoms with Crippen LogP contribution in [0.2, 0.25) is 4.82 Å². The van der Waals surface area contributed by atoms with Gasteiger partial charge < -0.3 is 0 Å².